The van der Waals surface area contributed by atoms with Gasteiger partial charge in [0.25, 0.3) is 0 Å². The number of hydrogen-bond donors (Lipinski definition) is 1. The van der Waals surface area contributed by atoms with Crippen LogP contribution in [0.3, 0.4) is 0 Å². The van der Waals surface area contributed by atoms with Crippen LogP contribution in [0, 0.1) is 11.3 Å². The summed E-state index contributed by atoms with van der Waals surface area (Å²) >= 11 is 0. The van der Waals surface area contributed by atoms with Gasteiger partial charge in [0.15, 0.2) is 0 Å². The molecule has 1 saturated carbocycles. The molecule has 1 rings (SSSR count). The van der Waals surface area contributed by atoms with Gasteiger partial charge in [0.05, 0.1) is 6.61 Å². The summed E-state index contributed by atoms with van der Waals surface area (Å²) in [5, 5.41) is 0. The van der Waals surface area contributed by atoms with Crippen molar-refractivity contribution in [2.75, 3.05) is 6.61 Å². The minimum Gasteiger partial charge on any atom is -0.465 e. The zero-order chi connectivity index (χ0) is 10.8. The molecule has 0 aromatic heterocycles. The predicted molar refractivity (Wildman–Crippen MR) is 55.7 cm³/mol. The lowest BCUT2D eigenvalue weighted by atomic mass is 9.87. The van der Waals surface area contributed by atoms with Gasteiger partial charge in [-0.15, -0.1) is 0 Å². The maximum Gasteiger partial charge on any atom is 0.323 e. The Morgan fingerprint density at radius 1 is 1.50 bits per heavy atom. The highest BCUT2D eigenvalue weighted by Gasteiger charge is 2.29. The summed E-state index contributed by atoms with van der Waals surface area (Å²) in [6.07, 6.45) is 3.59. The summed E-state index contributed by atoms with van der Waals surface area (Å²) in [6.45, 7) is 6.37. The van der Waals surface area contributed by atoms with E-state index in [2.05, 4.69) is 0 Å². The average molecular weight is 199 g/mol. The molecule has 1 fully saturated rings. The van der Waals surface area contributed by atoms with Gasteiger partial charge in [0, 0.05) is 0 Å². The van der Waals surface area contributed by atoms with Crippen molar-refractivity contribution in [1.82, 2.24) is 0 Å². The number of hydrogen-bond acceptors (Lipinski definition) is 3. The molecule has 0 radical (unpaired) electrons. The highest BCUT2D eigenvalue weighted by molar-refractivity contribution is 5.76. The Bertz CT molecular complexity index is 204. The molecule has 0 amide bonds. The summed E-state index contributed by atoms with van der Waals surface area (Å²) in [5.41, 5.74) is 5.54. The number of carbonyl (C=O) groups excluding carboxylic acids is 1. The number of carbonyl (C=O) groups is 1. The Balaban J connectivity index is 2.19. The third kappa shape index (κ3) is 3.66. The Kier molecular flexibility index (Phi) is 3.53. The maximum atomic E-state index is 11.4. The van der Waals surface area contributed by atoms with E-state index in [1.165, 1.54) is 12.8 Å². The Morgan fingerprint density at radius 3 is 2.50 bits per heavy atom. The number of rotatable bonds is 4. The number of nitrogens with two attached hydrogens (primary N) is 1. The van der Waals surface area contributed by atoms with Gasteiger partial charge in [-0.05, 0) is 17.8 Å². The summed E-state index contributed by atoms with van der Waals surface area (Å²) in [6, 6.07) is -0.512. The molecule has 0 saturated heterocycles. The minimum absolute atomic E-state index is 0.212. The first-order valence-corrected chi connectivity index (χ1v) is 5.33. The van der Waals surface area contributed by atoms with E-state index < -0.39 is 6.04 Å². The average Bonchev–Trinajstić information content (AvgIpc) is 2.85. The summed E-state index contributed by atoms with van der Waals surface area (Å²) in [5.74, 6) is 0.534. The molecule has 0 aromatic carbocycles. The van der Waals surface area contributed by atoms with Crippen molar-refractivity contribution in [3.63, 3.8) is 0 Å². The molecule has 0 spiro atoms. The van der Waals surface area contributed by atoms with E-state index in [1.807, 2.05) is 20.8 Å². The van der Waals surface area contributed by atoms with E-state index in [0.717, 1.165) is 12.3 Å². The molecule has 14 heavy (non-hydrogen) atoms. The van der Waals surface area contributed by atoms with Crippen LogP contribution in [-0.4, -0.2) is 18.6 Å². The molecule has 1 atom stereocenters. The zero-order valence-electron chi connectivity index (χ0n) is 9.38. The lowest BCUT2D eigenvalue weighted by Gasteiger charge is -2.24. The van der Waals surface area contributed by atoms with Crippen LogP contribution in [-0.2, 0) is 9.53 Å². The van der Waals surface area contributed by atoms with Gasteiger partial charge in [0.2, 0.25) is 0 Å². The fraction of sp³-hybridized carbons (Fsp3) is 0.909. The largest absolute Gasteiger partial charge is 0.465 e. The van der Waals surface area contributed by atoms with Gasteiger partial charge in [-0.3, -0.25) is 4.79 Å². The van der Waals surface area contributed by atoms with Crippen LogP contribution in [0.4, 0.5) is 0 Å². The molecule has 1 aliphatic carbocycles. The third-order valence-electron chi connectivity index (χ3n) is 2.65. The van der Waals surface area contributed by atoms with Gasteiger partial charge in [-0.2, -0.15) is 0 Å². The fourth-order valence-corrected chi connectivity index (χ4v) is 1.18. The highest BCUT2D eigenvalue weighted by Crippen LogP contribution is 2.32. The van der Waals surface area contributed by atoms with Crippen LogP contribution in [0.1, 0.15) is 40.0 Å². The Morgan fingerprint density at radius 2 is 2.07 bits per heavy atom. The molecule has 82 valence electrons. The second-order valence-electron chi connectivity index (χ2n) is 5.24. The van der Waals surface area contributed by atoms with Crippen LogP contribution in [0.2, 0.25) is 0 Å². The third-order valence-corrected chi connectivity index (χ3v) is 2.65. The van der Waals surface area contributed by atoms with Crippen molar-refractivity contribution in [2.45, 2.75) is 46.1 Å². The number of esters is 1. The second-order valence-corrected chi connectivity index (χ2v) is 5.24. The zero-order valence-corrected chi connectivity index (χ0v) is 9.38. The molecule has 0 bridgehead atoms. The Hall–Kier alpha value is -0.570. The van der Waals surface area contributed by atoms with Gasteiger partial charge in [-0.1, -0.05) is 33.6 Å². The summed E-state index contributed by atoms with van der Waals surface area (Å²) in [7, 11) is 0. The molecule has 0 aliphatic heterocycles. The SMILES string of the molecule is CC(C)(C)[C@@H](N)C(=O)OCCC1CC1. The first-order valence-electron chi connectivity index (χ1n) is 5.33. The van der Waals surface area contributed by atoms with E-state index >= 15 is 0 Å². The van der Waals surface area contributed by atoms with Gasteiger partial charge < -0.3 is 10.5 Å². The maximum absolute atomic E-state index is 11.4. The van der Waals surface area contributed by atoms with E-state index in [-0.39, 0.29) is 11.4 Å². The molecule has 0 unspecified atom stereocenters. The molecule has 0 heterocycles. The van der Waals surface area contributed by atoms with Crippen molar-refractivity contribution in [2.24, 2.45) is 17.1 Å². The van der Waals surface area contributed by atoms with Gasteiger partial charge >= 0.3 is 5.97 Å². The summed E-state index contributed by atoms with van der Waals surface area (Å²) < 4.78 is 5.12. The molecule has 3 heteroatoms. The second kappa shape index (κ2) is 4.30. The number of ether oxygens (including phenoxy) is 1. The monoisotopic (exact) mass is 199 g/mol. The minimum atomic E-state index is -0.512. The van der Waals surface area contributed by atoms with Crippen LogP contribution < -0.4 is 5.73 Å². The fourth-order valence-electron chi connectivity index (χ4n) is 1.18. The summed E-state index contributed by atoms with van der Waals surface area (Å²) in [4.78, 5) is 11.4. The molecule has 3 nitrogen and oxygen atoms in total. The van der Waals surface area contributed by atoms with E-state index in [4.69, 9.17) is 10.5 Å². The highest BCUT2D eigenvalue weighted by atomic mass is 16.5. The van der Waals surface area contributed by atoms with Crippen molar-refractivity contribution in [3.8, 4) is 0 Å². The first kappa shape index (κ1) is 11.5. The Labute approximate surface area is 86.0 Å². The van der Waals surface area contributed by atoms with Gasteiger partial charge in [-0.25, -0.2) is 0 Å². The molecule has 1 aliphatic rings. The topological polar surface area (TPSA) is 52.3 Å². The van der Waals surface area contributed by atoms with Crippen molar-refractivity contribution in [1.29, 1.82) is 0 Å². The molecule has 0 aromatic rings. The van der Waals surface area contributed by atoms with Crippen molar-refractivity contribution < 1.29 is 9.53 Å². The van der Waals surface area contributed by atoms with E-state index in [0.29, 0.717) is 6.61 Å². The van der Waals surface area contributed by atoms with Crippen LogP contribution >= 0.6 is 0 Å². The van der Waals surface area contributed by atoms with Gasteiger partial charge in [0.1, 0.15) is 6.04 Å². The van der Waals surface area contributed by atoms with E-state index in [1.54, 1.807) is 0 Å². The lowest BCUT2D eigenvalue weighted by Crippen LogP contribution is -2.43. The van der Waals surface area contributed by atoms with E-state index in [9.17, 15) is 4.79 Å². The standard InChI is InChI=1S/C11H21NO2/c1-11(2,3)9(12)10(13)14-7-6-8-4-5-8/h8-9H,4-7,12H2,1-3H3/t9-/m0/s1. The molecular formula is C11H21NO2. The van der Waals surface area contributed by atoms with Crippen molar-refractivity contribution >= 4 is 5.97 Å². The lowest BCUT2D eigenvalue weighted by molar-refractivity contribution is -0.148. The van der Waals surface area contributed by atoms with Crippen LogP contribution in [0.15, 0.2) is 0 Å². The van der Waals surface area contributed by atoms with Crippen LogP contribution in [0.25, 0.3) is 0 Å². The predicted octanol–water partition coefficient (Wildman–Crippen LogP) is 1.70. The first-order chi connectivity index (χ1) is 6.41. The normalized spacial score (nSPS) is 19.1. The smallest absolute Gasteiger partial charge is 0.323 e. The molecular weight excluding hydrogens is 178 g/mol. The van der Waals surface area contributed by atoms with Crippen molar-refractivity contribution in [3.05, 3.63) is 0 Å². The molecule has 2 N–H and O–H groups in total. The van der Waals surface area contributed by atoms with Crippen LogP contribution in [0.5, 0.6) is 0 Å². The quantitative estimate of drug-likeness (QED) is 0.701.